The van der Waals surface area contributed by atoms with E-state index in [1.165, 1.54) is 30.6 Å². The summed E-state index contributed by atoms with van der Waals surface area (Å²) in [5.74, 6) is -0.175. The van der Waals surface area contributed by atoms with Crippen LogP contribution in [0.1, 0.15) is 21.6 Å². The third-order valence-corrected chi connectivity index (χ3v) is 6.58. The van der Waals surface area contributed by atoms with E-state index in [1.807, 2.05) is 48.5 Å². The van der Waals surface area contributed by atoms with Crippen molar-refractivity contribution in [3.63, 3.8) is 0 Å². The number of methoxy groups -OCH3 is 1. The normalized spacial score (nSPS) is 11.3. The van der Waals surface area contributed by atoms with E-state index in [0.717, 1.165) is 11.3 Å². The number of hydrogen-bond acceptors (Lipinski definition) is 5. The predicted octanol–water partition coefficient (Wildman–Crippen LogP) is 2.88. The lowest BCUT2D eigenvalue weighted by molar-refractivity contribution is 0.0954. The quantitative estimate of drug-likeness (QED) is 0.554. The van der Waals surface area contributed by atoms with Gasteiger partial charge in [0.1, 0.15) is 10.6 Å². The number of hydrogen-bond donors (Lipinski definition) is 1. The van der Waals surface area contributed by atoms with Gasteiger partial charge in [-0.1, -0.05) is 36.4 Å². The molecule has 1 N–H and O–H groups in total. The number of sulfonamides is 1. The number of nitrogens with zero attached hydrogens (tertiary/aromatic N) is 2. The van der Waals surface area contributed by atoms with Gasteiger partial charge in [0, 0.05) is 44.0 Å². The summed E-state index contributed by atoms with van der Waals surface area (Å²) in [6.07, 6.45) is 2.28. The summed E-state index contributed by atoms with van der Waals surface area (Å²) in [6, 6.07) is 19.3. The molecule has 2 aromatic carbocycles. The minimum absolute atomic E-state index is 0.0502. The summed E-state index contributed by atoms with van der Waals surface area (Å²) in [4.78, 5) is 16.8. The van der Waals surface area contributed by atoms with Crippen molar-refractivity contribution in [1.29, 1.82) is 0 Å². The molecule has 31 heavy (non-hydrogen) atoms. The van der Waals surface area contributed by atoms with E-state index in [0.29, 0.717) is 13.0 Å². The van der Waals surface area contributed by atoms with Crippen LogP contribution in [0.3, 0.4) is 0 Å². The van der Waals surface area contributed by atoms with Gasteiger partial charge in [-0.05, 0) is 35.9 Å². The molecule has 0 aliphatic carbocycles. The lowest BCUT2D eigenvalue weighted by atomic mass is 10.2. The minimum Gasteiger partial charge on any atom is -0.495 e. The Labute approximate surface area is 182 Å². The second-order valence-corrected chi connectivity index (χ2v) is 8.95. The van der Waals surface area contributed by atoms with E-state index < -0.39 is 10.0 Å². The van der Waals surface area contributed by atoms with Crippen molar-refractivity contribution < 1.29 is 17.9 Å². The number of ether oxygens (including phenoxy) is 1. The zero-order chi connectivity index (χ0) is 22.3. The Morgan fingerprint density at radius 3 is 2.48 bits per heavy atom. The van der Waals surface area contributed by atoms with Crippen molar-refractivity contribution in [2.75, 3.05) is 20.7 Å². The number of pyridine rings is 1. The van der Waals surface area contributed by atoms with E-state index in [2.05, 4.69) is 10.3 Å². The molecule has 1 heterocycles. The Hall–Kier alpha value is -3.23. The highest BCUT2D eigenvalue weighted by molar-refractivity contribution is 7.89. The molecule has 3 rings (SSSR count). The monoisotopic (exact) mass is 439 g/mol. The second-order valence-electron chi connectivity index (χ2n) is 6.94. The summed E-state index contributed by atoms with van der Waals surface area (Å²) in [7, 11) is -0.979. The average Bonchev–Trinajstić information content (AvgIpc) is 2.80. The Balaban J connectivity index is 1.76. The fourth-order valence-corrected chi connectivity index (χ4v) is 4.40. The van der Waals surface area contributed by atoms with Gasteiger partial charge < -0.3 is 10.1 Å². The molecular formula is C23H25N3O4S. The first-order valence-corrected chi connectivity index (χ1v) is 11.2. The van der Waals surface area contributed by atoms with Crippen molar-refractivity contribution in [3.05, 3.63) is 89.7 Å². The Morgan fingerprint density at radius 1 is 1.06 bits per heavy atom. The molecule has 0 aliphatic heterocycles. The first-order valence-electron chi connectivity index (χ1n) is 9.78. The van der Waals surface area contributed by atoms with Crippen LogP contribution in [0, 0.1) is 0 Å². The maximum absolute atomic E-state index is 13.2. The zero-order valence-corrected chi connectivity index (χ0v) is 18.3. The number of carbonyl (C=O) groups excluding carboxylic acids is 1. The molecule has 3 aromatic rings. The molecule has 0 aliphatic rings. The minimum atomic E-state index is -3.88. The van der Waals surface area contributed by atoms with E-state index in [1.54, 1.807) is 12.3 Å². The summed E-state index contributed by atoms with van der Waals surface area (Å²) in [5, 5.41) is 2.80. The van der Waals surface area contributed by atoms with Gasteiger partial charge in [0.15, 0.2) is 0 Å². The molecule has 0 spiro atoms. The molecular weight excluding hydrogens is 414 g/mol. The highest BCUT2D eigenvalue weighted by Crippen LogP contribution is 2.28. The van der Waals surface area contributed by atoms with Crippen LogP contribution in [-0.4, -0.2) is 44.3 Å². The zero-order valence-electron chi connectivity index (χ0n) is 17.5. The van der Waals surface area contributed by atoms with Crippen LogP contribution in [0.4, 0.5) is 0 Å². The van der Waals surface area contributed by atoms with Crippen LogP contribution in [-0.2, 0) is 23.0 Å². The SMILES string of the molecule is COc1ccc(C(=O)NCCc2ccccn2)cc1S(=O)(=O)N(C)Cc1ccccc1. The van der Waals surface area contributed by atoms with Gasteiger partial charge in [-0.3, -0.25) is 9.78 Å². The molecule has 8 heteroatoms. The summed E-state index contributed by atoms with van der Waals surface area (Å²) in [6.45, 7) is 0.588. The summed E-state index contributed by atoms with van der Waals surface area (Å²) >= 11 is 0. The lowest BCUT2D eigenvalue weighted by Gasteiger charge is -2.19. The highest BCUT2D eigenvalue weighted by Gasteiger charge is 2.26. The summed E-state index contributed by atoms with van der Waals surface area (Å²) in [5.41, 5.74) is 1.97. The number of aromatic nitrogens is 1. The van der Waals surface area contributed by atoms with E-state index in [-0.39, 0.29) is 28.7 Å². The molecule has 7 nitrogen and oxygen atoms in total. The van der Waals surface area contributed by atoms with Gasteiger partial charge in [0.2, 0.25) is 10.0 Å². The van der Waals surface area contributed by atoms with Gasteiger partial charge in [-0.15, -0.1) is 0 Å². The Bertz CT molecular complexity index is 1120. The van der Waals surface area contributed by atoms with Crippen molar-refractivity contribution in [1.82, 2.24) is 14.6 Å². The van der Waals surface area contributed by atoms with Gasteiger partial charge in [-0.2, -0.15) is 4.31 Å². The van der Waals surface area contributed by atoms with E-state index >= 15 is 0 Å². The van der Waals surface area contributed by atoms with E-state index in [9.17, 15) is 13.2 Å². The molecule has 0 fully saturated rings. The van der Waals surface area contributed by atoms with Crippen LogP contribution in [0.15, 0.2) is 77.8 Å². The smallest absolute Gasteiger partial charge is 0.251 e. The Morgan fingerprint density at radius 2 is 1.81 bits per heavy atom. The van der Waals surface area contributed by atoms with Crippen molar-refractivity contribution in [2.45, 2.75) is 17.9 Å². The van der Waals surface area contributed by atoms with Gasteiger partial charge in [0.25, 0.3) is 5.91 Å². The highest BCUT2D eigenvalue weighted by atomic mass is 32.2. The lowest BCUT2D eigenvalue weighted by Crippen LogP contribution is -2.28. The largest absolute Gasteiger partial charge is 0.495 e. The molecule has 1 aromatic heterocycles. The molecule has 0 bridgehead atoms. The van der Waals surface area contributed by atoms with Crippen LogP contribution < -0.4 is 10.1 Å². The van der Waals surface area contributed by atoms with Gasteiger partial charge in [0.05, 0.1) is 7.11 Å². The van der Waals surface area contributed by atoms with Crippen molar-refractivity contribution in [3.8, 4) is 5.75 Å². The number of nitrogens with one attached hydrogen (secondary N) is 1. The van der Waals surface area contributed by atoms with Crippen LogP contribution in [0.5, 0.6) is 5.75 Å². The van der Waals surface area contributed by atoms with Crippen molar-refractivity contribution in [2.24, 2.45) is 0 Å². The second kappa shape index (κ2) is 10.2. The summed E-state index contributed by atoms with van der Waals surface area (Å²) < 4.78 is 32.9. The maximum Gasteiger partial charge on any atom is 0.251 e. The molecule has 0 atom stereocenters. The molecule has 0 radical (unpaired) electrons. The molecule has 162 valence electrons. The molecule has 0 saturated carbocycles. The number of rotatable bonds is 9. The van der Waals surface area contributed by atoms with Crippen molar-refractivity contribution >= 4 is 15.9 Å². The number of amides is 1. The molecule has 0 saturated heterocycles. The van der Waals surface area contributed by atoms with E-state index in [4.69, 9.17) is 4.74 Å². The first kappa shape index (κ1) is 22.5. The third kappa shape index (κ3) is 5.68. The molecule has 0 unspecified atom stereocenters. The maximum atomic E-state index is 13.2. The van der Waals surface area contributed by atoms with Crippen LogP contribution >= 0.6 is 0 Å². The Kier molecular flexibility index (Phi) is 7.38. The molecule has 1 amide bonds. The number of benzene rings is 2. The van der Waals surface area contributed by atoms with Crippen LogP contribution in [0.2, 0.25) is 0 Å². The fraction of sp³-hybridized carbons (Fsp3) is 0.217. The standard InChI is InChI=1S/C23H25N3O4S/c1-26(17-18-8-4-3-5-9-18)31(28,29)22-16-19(11-12-21(22)30-2)23(27)25-15-13-20-10-6-7-14-24-20/h3-12,14,16H,13,15,17H2,1-2H3,(H,25,27). The topological polar surface area (TPSA) is 88.6 Å². The van der Waals surface area contributed by atoms with Gasteiger partial charge in [-0.25, -0.2) is 8.42 Å². The first-order chi connectivity index (χ1) is 14.9. The predicted molar refractivity (Wildman–Crippen MR) is 118 cm³/mol. The third-order valence-electron chi connectivity index (χ3n) is 4.75. The van der Waals surface area contributed by atoms with Crippen LogP contribution in [0.25, 0.3) is 0 Å². The average molecular weight is 440 g/mol. The number of carbonyl (C=O) groups is 1. The fourth-order valence-electron chi connectivity index (χ4n) is 3.07. The van der Waals surface area contributed by atoms with Gasteiger partial charge >= 0.3 is 0 Å².